The highest BCUT2D eigenvalue weighted by atomic mass is 16.2. The summed E-state index contributed by atoms with van der Waals surface area (Å²) in [5.41, 5.74) is 1.35. The molecule has 2 aliphatic rings. The molecule has 2 fully saturated rings. The monoisotopic (exact) mass is 484 g/mol. The third kappa shape index (κ3) is 4.23. The van der Waals surface area contributed by atoms with Crippen LogP contribution in [0.5, 0.6) is 0 Å². The van der Waals surface area contributed by atoms with Crippen LogP contribution in [0.2, 0.25) is 0 Å². The molecule has 0 aliphatic carbocycles. The third-order valence-electron chi connectivity index (χ3n) is 7.69. The molecule has 0 radical (unpaired) electrons. The summed E-state index contributed by atoms with van der Waals surface area (Å²) >= 11 is 0. The molecular weight excluding hydrogens is 452 g/mol. The van der Waals surface area contributed by atoms with Gasteiger partial charge in [0.2, 0.25) is 17.7 Å². The van der Waals surface area contributed by atoms with E-state index in [-0.39, 0.29) is 43.1 Å². The van der Waals surface area contributed by atoms with E-state index >= 15 is 0 Å². The van der Waals surface area contributed by atoms with Crippen molar-refractivity contribution in [2.45, 2.75) is 57.0 Å². The lowest BCUT2D eigenvalue weighted by atomic mass is 9.73. The lowest BCUT2D eigenvalue weighted by Crippen LogP contribution is -2.46. The van der Waals surface area contributed by atoms with Gasteiger partial charge >= 0.3 is 0 Å². The van der Waals surface area contributed by atoms with Crippen LogP contribution in [-0.4, -0.2) is 43.6 Å². The van der Waals surface area contributed by atoms with Gasteiger partial charge in [-0.05, 0) is 42.9 Å². The van der Waals surface area contributed by atoms with Crippen molar-refractivity contribution < 1.29 is 14.4 Å². The molecule has 2 atom stereocenters. The molecule has 3 amide bonds. The van der Waals surface area contributed by atoms with Crippen LogP contribution in [0.4, 0.5) is 0 Å². The van der Waals surface area contributed by atoms with Crippen LogP contribution >= 0.6 is 0 Å². The molecule has 0 N–H and O–H groups in total. The van der Waals surface area contributed by atoms with Gasteiger partial charge in [-0.15, -0.1) is 0 Å². The van der Waals surface area contributed by atoms with Crippen LogP contribution in [0.25, 0.3) is 0 Å². The largest absolute Gasteiger partial charge is 0.336 e. The number of amides is 3. The Morgan fingerprint density at radius 1 is 1.06 bits per heavy atom. The fraction of sp³-hybridized carbons (Fsp3) is 0.379. The van der Waals surface area contributed by atoms with Gasteiger partial charge in [0.1, 0.15) is 5.82 Å². The molecule has 7 heteroatoms. The van der Waals surface area contributed by atoms with Crippen LogP contribution < -0.4 is 0 Å². The molecule has 7 nitrogen and oxygen atoms in total. The molecule has 2 aromatic carbocycles. The van der Waals surface area contributed by atoms with Gasteiger partial charge in [-0.2, -0.15) is 0 Å². The number of likely N-dealkylation sites (tertiary alicyclic amines) is 2. The lowest BCUT2D eigenvalue weighted by molar-refractivity contribution is -0.144. The van der Waals surface area contributed by atoms with E-state index in [0.717, 1.165) is 41.8 Å². The summed E-state index contributed by atoms with van der Waals surface area (Å²) in [6.07, 6.45) is 6.37. The standard InChI is InChI=1S/C29H32N4O3/c1-21-10-6-7-13-23(21)29(19-26(35)33(28(29)36)20-22-11-4-3-5-12-22)18-25(34)32-16-9-8-14-24(32)27-30-15-17-31(27)2/h3-7,10-13,15,17,24H,8-9,14,16,18-20H2,1-2H3/t24-,29-/m0/s1. The van der Waals surface area contributed by atoms with E-state index in [1.54, 1.807) is 6.20 Å². The molecule has 2 aliphatic heterocycles. The number of hydrogen-bond acceptors (Lipinski definition) is 4. The zero-order valence-corrected chi connectivity index (χ0v) is 20.9. The third-order valence-corrected chi connectivity index (χ3v) is 7.69. The molecule has 5 rings (SSSR count). The normalized spacial score (nSPS) is 22.3. The van der Waals surface area contributed by atoms with Crippen molar-refractivity contribution in [3.8, 4) is 0 Å². The van der Waals surface area contributed by atoms with E-state index in [2.05, 4.69) is 4.98 Å². The zero-order valence-electron chi connectivity index (χ0n) is 20.9. The molecule has 0 spiro atoms. The first-order valence-electron chi connectivity index (χ1n) is 12.6. The van der Waals surface area contributed by atoms with Crippen LogP contribution in [0.15, 0.2) is 67.0 Å². The maximum atomic E-state index is 14.1. The second kappa shape index (κ2) is 9.72. The summed E-state index contributed by atoms with van der Waals surface area (Å²) < 4.78 is 1.96. The maximum Gasteiger partial charge on any atom is 0.241 e. The molecule has 3 aromatic rings. The molecule has 36 heavy (non-hydrogen) atoms. The summed E-state index contributed by atoms with van der Waals surface area (Å²) in [5.74, 6) is 0.227. The fourth-order valence-electron chi connectivity index (χ4n) is 5.84. The smallest absolute Gasteiger partial charge is 0.241 e. The summed E-state index contributed by atoms with van der Waals surface area (Å²) in [5, 5.41) is 0. The van der Waals surface area contributed by atoms with Gasteiger partial charge < -0.3 is 9.47 Å². The van der Waals surface area contributed by atoms with Crippen LogP contribution in [0.3, 0.4) is 0 Å². The summed E-state index contributed by atoms with van der Waals surface area (Å²) in [6.45, 7) is 2.77. The van der Waals surface area contributed by atoms with Crippen molar-refractivity contribution in [1.82, 2.24) is 19.4 Å². The van der Waals surface area contributed by atoms with Crippen molar-refractivity contribution in [2.75, 3.05) is 6.54 Å². The Bertz CT molecular complexity index is 1280. The highest BCUT2D eigenvalue weighted by Crippen LogP contribution is 2.43. The zero-order chi connectivity index (χ0) is 25.3. The van der Waals surface area contributed by atoms with E-state index in [1.165, 1.54) is 4.90 Å². The van der Waals surface area contributed by atoms with Crippen molar-refractivity contribution in [3.05, 3.63) is 89.5 Å². The van der Waals surface area contributed by atoms with E-state index in [4.69, 9.17) is 0 Å². The second-order valence-corrected chi connectivity index (χ2v) is 10.0. The summed E-state index contributed by atoms with van der Waals surface area (Å²) in [7, 11) is 1.94. The molecular formula is C29H32N4O3. The van der Waals surface area contributed by atoms with Crippen molar-refractivity contribution >= 4 is 17.7 Å². The van der Waals surface area contributed by atoms with Gasteiger partial charge in [0.25, 0.3) is 0 Å². The number of carbonyl (C=O) groups excluding carboxylic acids is 3. The topological polar surface area (TPSA) is 75.5 Å². The Balaban J connectivity index is 1.50. The number of imide groups is 1. The van der Waals surface area contributed by atoms with E-state index in [1.807, 2.05) is 84.2 Å². The van der Waals surface area contributed by atoms with E-state index in [0.29, 0.717) is 6.54 Å². The first-order valence-corrected chi connectivity index (χ1v) is 12.6. The second-order valence-electron chi connectivity index (χ2n) is 10.0. The summed E-state index contributed by atoms with van der Waals surface area (Å²) in [6, 6.07) is 17.0. The molecule has 1 aromatic heterocycles. The van der Waals surface area contributed by atoms with Crippen LogP contribution in [-0.2, 0) is 33.4 Å². The number of piperidine rings is 1. The first-order chi connectivity index (χ1) is 17.4. The van der Waals surface area contributed by atoms with Gasteiger partial charge in [-0.25, -0.2) is 4.98 Å². The van der Waals surface area contributed by atoms with Crippen LogP contribution in [0, 0.1) is 6.92 Å². The van der Waals surface area contributed by atoms with Crippen molar-refractivity contribution in [2.24, 2.45) is 7.05 Å². The van der Waals surface area contributed by atoms with Gasteiger partial charge in [0.05, 0.1) is 18.0 Å². The minimum atomic E-state index is -1.21. The Hall–Kier alpha value is -3.74. The van der Waals surface area contributed by atoms with Gasteiger partial charge in [-0.3, -0.25) is 19.3 Å². The average molecular weight is 485 g/mol. The molecule has 186 valence electrons. The van der Waals surface area contributed by atoms with Crippen molar-refractivity contribution in [1.29, 1.82) is 0 Å². The molecule has 0 unspecified atom stereocenters. The van der Waals surface area contributed by atoms with Crippen LogP contribution in [0.1, 0.15) is 60.7 Å². The average Bonchev–Trinajstić information content (AvgIpc) is 3.41. The van der Waals surface area contributed by atoms with E-state index in [9.17, 15) is 14.4 Å². The number of benzene rings is 2. The van der Waals surface area contributed by atoms with E-state index < -0.39 is 5.41 Å². The number of rotatable bonds is 6. The lowest BCUT2D eigenvalue weighted by Gasteiger charge is -2.38. The highest BCUT2D eigenvalue weighted by molar-refractivity contribution is 6.10. The number of hydrogen-bond donors (Lipinski definition) is 0. The van der Waals surface area contributed by atoms with Gasteiger partial charge in [0, 0.05) is 38.8 Å². The molecule has 0 saturated carbocycles. The Morgan fingerprint density at radius 2 is 1.81 bits per heavy atom. The summed E-state index contributed by atoms with van der Waals surface area (Å²) in [4.78, 5) is 49.1. The molecule has 2 saturated heterocycles. The minimum Gasteiger partial charge on any atom is -0.336 e. The molecule has 0 bridgehead atoms. The van der Waals surface area contributed by atoms with Crippen molar-refractivity contribution in [3.63, 3.8) is 0 Å². The molecule has 3 heterocycles. The fourth-order valence-corrected chi connectivity index (χ4v) is 5.84. The predicted octanol–water partition coefficient (Wildman–Crippen LogP) is 4.07. The SMILES string of the molecule is Cc1ccccc1[C@]1(CC(=O)N2CCCC[C@H]2c2nccn2C)CC(=O)N(Cc2ccccc2)C1=O. The van der Waals surface area contributed by atoms with Gasteiger partial charge in [0.15, 0.2) is 0 Å². The number of aryl methyl sites for hydroxylation is 2. The Labute approximate surface area is 211 Å². The maximum absolute atomic E-state index is 14.1. The minimum absolute atomic E-state index is 0.00380. The number of carbonyl (C=O) groups is 3. The highest BCUT2D eigenvalue weighted by Gasteiger charge is 2.55. The number of aromatic nitrogens is 2. The predicted molar refractivity (Wildman–Crippen MR) is 136 cm³/mol. The number of nitrogens with zero attached hydrogens (tertiary/aromatic N) is 4. The first kappa shape index (κ1) is 24.0. The van der Waals surface area contributed by atoms with Gasteiger partial charge in [-0.1, -0.05) is 54.6 Å². The Morgan fingerprint density at radius 3 is 2.53 bits per heavy atom. The number of imidazole rings is 1. The Kier molecular flexibility index (Phi) is 6.48. The quantitative estimate of drug-likeness (QED) is 0.495.